The third kappa shape index (κ3) is 3.29. The number of hydrogen-bond acceptors (Lipinski definition) is 5. The summed E-state index contributed by atoms with van der Waals surface area (Å²) in [7, 11) is -3.68. The SMILES string of the molecule is Cc1ccc(S(=O)(=O)OCCOC2CC3(COC3)C2)cc1. The van der Waals surface area contributed by atoms with Gasteiger partial charge in [-0.05, 0) is 31.9 Å². The fraction of sp³-hybridized carbons (Fsp3) is 0.600. The second-order valence-corrected chi connectivity index (χ2v) is 7.60. The van der Waals surface area contributed by atoms with Crippen LogP contribution < -0.4 is 0 Å². The zero-order chi connectivity index (χ0) is 14.9. The lowest BCUT2D eigenvalue weighted by Crippen LogP contribution is -2.55. The topological polar surface area (TPSA) is 61.8 Å². The third-order valence-corrected chi connectivity index (χ3v) is 5.45. The van der Waals surface area contributed by atoms with E-state index >= 15 is 0 Å². The summed E-state index contributed by atoms with van der Waals surface area (Å²) in [6.07, 6.45) is 2.25. The molecule has 0 amide bonds. The lowest BCUT2D eigenvalue weighted by molar-refractivity contribution is -0.210. The summed E-state index contributed by atoms with van der Waals surface area (Å²) >= 11 is 0. The first kappa shape index (κ1) is 15.0. The third-order valence-electron chi connectivity index (χ3n) is 4.12. The molecule has 1 heterocycles. The maximum absolute atomic E-state index is 11.9. The molecule has 0 aromatic heterocycles. The molecule has 6 heteroatoms. The molecule has 0 bridgehead atoms. The summed E-state index contributed by atoms with van der Waals surface area (Å²) in [5.41, 5.74) is 1.37. The molecule has 1 aromatic rings. The Morgan fingerprint density at radius 2 is 1.86 bits per heavy atom. The summed E-state index contributed by atoms with van der Waals surface area (Å²) < 4.78 is 39.7. The summed E-state index contributed by atoms with van der Waals surface area (Å²) in [4.78, 5) is 0.183. The normalized spacial score (nSPS) is 21.0. The molecule has 1 aliphatic carbocycles. The zero-order valence-electron chi connectivity index (χ0n) is 12.1. The van der Waals surface area contributed by atoms with E-state index in [-0.39, 0.29) is 17.6 Å². The molecular formula is C15H20O5S. The molecule has 2 fully saturated rings. The van der Waals surface area contributed by atoms with Crippen LogP contribution in [0.1, 0.15) is 18.4 Å². The highest BCUT2D eigenvalue weighted by molar-refractivity contribution is 7.86. The van der Waals surface area contributed by atoms with Gasteiger partial charge in [-0.1, -0.05) is 17.7 Å². The van der Waals surface area contributed by atoms with Gasteiger partial charge in [0.05, 0.1) is 37.4 Å². The fourth-order valence-corrected chi connectivity index (χ4v) is 3.67. The maximum Gasteiger partial charge on any atom is 0.297 e. The Labute approximate surface area is 125 Å². The Morgan fingerprint density at radius 1 is 1.19 bits per heavy atom. The molecule has 116 valence electrons. The Balaban J connectivity index is 1.39. The lowest BCUT2D eigenvalue weighted by atomic mass is 9.65. The fourth-order valence-electron chi connectivity index (χ4n) is 2.78. The number of benzene rings is 1. The molecule has 0 radical (unpaired) electrons. The number of rotatable bonds is 6. The monoisotopic (exact) mass is 312 g/mol. The minimum atomic E-state index is -3.68. The van der Waals surface area contributed by atoms with E-state index in [0.717, 1.165) is 31.6 Å². The van der Waals surface area contributed by atoms with E-state index in [1.165, 1.54) is 0 Å². The molecule has 1 saturated heterocycles. The molecule has 0 N–H and O–H groups in total. The van der Waals surface area contributed by atoms with Crippen LogP contribution in [0.25, 0.3) is 0 Å². The molecule has 1 saturated carbocycles. The molecule has 21 heavy (non-hydrogen) atoms. The van der Waals surface area contributed by atoms with E-state index < -0.39 is 10.1 Å². The molecule has 5 nitrogen and oxygen atoms in total. The smallest absolute Gasteiger partial charge is 0.297 e. The summed E-state index contributed by atoms with van der Waals surface area (Å²) in [6, 6.07) is 6.61. The molecule has 2 aliphatic rings. The maximum atomic E-state index is 11.9. The van der Waals surface area contributed by atoms with Crippen molar-refractivity contribution in [3.63, 3.8) is 0 Å². The van der Waals surface area contributed by atoms with Gasteiger partial charge in [-0.2, -0.15) is 8.42 Å². The van der Waals surface area contributed by atoms with Crippen LogP contribution in [0, 0.1) is 12.3 Å². The highest BCUT2D eigenvalue weighted by Crippen LogP contribution is 2.48. The number of ether oxygens (including phenoxy) is 2. The van der Waals surface area contributed by atoms with Crippen molar-refractivity contribution in [2.75, 3.05) is 26.4 Å². The molecule has 1 aromatic carbocycles. The van der Waals surface area contributed by atoms with E-state index in [1.54, 1.807) is 24.3 Å². The quantitative estimate of drug-likeness (QED) is 0.593. The van der Waals surface area contributed by atoms with Gasteiger partial charge in [0.1, 0.15) is 0 Å². The van der Waals surface area contributed by atoms with Gasteiger partial charge in [-0.3, -0.25) is 4.18 Å². The van der Waals surface area contributed by atoms with Gasteiger partial charge in [0.15, 0.2) is 0 Å². The van der Waals surface area contributed by atoms with Crippen molar-refractivity contribution in [2.45, 2.75) is 30.8 Å². The van der Waals surface area contributed by atoms with Crippen molar-refractivity contribution in [1.29, 1.82) is 0 Å². The van der Waals surface area contributed by atoms with Crippen LogP contribution in [0.3, 0.4) is 0 Å². The van der Waals surface area contributed by atoms with Gasteiger partial charge in [0.25, 0.3) is 10.1 Å². The van der Waals surface area contributed by atoms with Crippen molar-refractivity contribution in [2.24, 2.45) is 5.41 Å². The minimum Gasteiger partial charge on any atom is -0.380 e. The standard InChI is InChI=1S/C15H20O5S/c1-12-2-4-14(5-3-12)21(16,17)20-7-6-19-13-8-15(9-13)10-18-11-15/h2-5,13H,6-11H2,1H3. The van der Waals surface area contributed by atoms with Crippen LogP contribution in [-0.2, 0) is 23.8 Å². The lowest BCUT2D eigenvalue weighted by Gasteiger charge is -2.52. The van der Waals surface area contributed by atoms with Gasteiger partial charge in [-0.15, -0.1) is 0 Å². The largest absolute Gasteiger partial charge is 0.380 e. The predicted molar refractivity (Wildman–Crippen MR) is 76.5 cm³/mol. The van der Waals surface area contributed by atoms with Crippen molar-refractivity contribution in [1.82, 2.24) is 0 Å². The Hall–Kier alpha value is -0.950. The van der Waals surface area contributed by atoms with Crippen molar-refractivity contribution >= 4 is 10.1 Å². The highest BCUT2D eigenvalue weighted by atomic mass is 32.2. The van der Waals surface area contributed by atoms with Gasteiger partial charge < -0.3 is 9.47 Å². The highest BCUT2D eigenvalue weighted by Gasteiger charge is 2.50. The van der Waals surface area contributed by atoms with Crippen LogP contribution in [-0.4, -0.2) is 40.9 Å². The van der Waals surface area contributed by atoms with Crippen LogP contribution in [0.5, 0.6) is 0 Å². The molecule has 1 aliphatic heterocycles. The van der Waals surface area contributed by atoms with Gasteiger partial charge in [0.2, 0.25) is 0 Å². The molecule has 1 spiro atoms. The van der Waals surface area contributed by atoms with E-state index in [1.807, 2.05) is 6.92 Å². The molecule has 3 rings (SSSR count). The van der Waals surface area contributed by atoms with Gasteiger partial charge in [-0.25, -0.2) is 0 Å². The predicted octanol–water partition coefficient (Wildman–Crippen LogP) is 1.90. The van der Waals surface area contributed by atoms with E-state index in [0.29, 0.717) is 12.0 Å². The van der Waals surface area contributed by atoms with Crippen molar-refractivity contribution in [3.05, 3.63) is 29.8 Å². The molecule has 0 unspecified atom stereocenters. The van der Waals surface area contributed by atoms with Gasteiger partial charge in [0, 0.05) is 5.41 Å². The van der Waals surface area contributed by atoms with Crippen LogP contribution in [0.4, 0.5) is 0 Å². The van der Waals surface area contributed by atoms with E-state index in [4.69, 9.17) is 13.7 Å². The first-order valence-electron chi connectivity index (χ1n) is 7.15. The second-order valence-electron chi connectivity index (χ2n) is 5.98. The van der Waals surface area contributed by atoms with Crippen LogP contribution in [0.2, 0.25) is 0 Å². The Morgan fingerprint density at radius 3 is 2.43 bits per heavy atom. The first-order valence-corrected chi connectivity index (χ1v) is 8.55. The summed E-state index contributed by atoms with van der Waals surface area (Å²) in [6.45, 7) is 3.93. The van der Waals surface area contributed by atoms with Crippen LogP contribution in [0.15, 0.2) is 29.2 Å². The Bertz CT molecular complexity index is 581. The number of aryl methyl sites for hydroxylation is 1. The number of hydrogen-bond donors (Lipinski definition) is 0. The van der Waals surface area contributed by atoms with Crippen molar-refractivity contribution in [3.8, 4) is 0 Å². The molecule has 0 atom stereocenters. The summed E-state index contributed by atoms with van der Waals surface area (Å²) in [5, 5.41) is 0. The van der Waals surface area contributed by atoms with E-state index in [9.17, 15) is 8.42 Å². The minimum absolute atomic E-state index is 0.0518. The zero-order valence-corrected chi connectivity index (χ0v) is 12.9. The average molecular weight is 312 g/mol. The second kappa shape index (κ2) is 5.68. The first-order chi connectivity index (χ1) is 9.99. The molecular weight excluding hydrogens is 292 g/mol. The van der Waals surface area contributed by atoms with E-state index in [2.05, 4.69) is 0 Å². The summed E-state index contributed by atoms with van der Waals surface area (Å²) in [5.74, 6) is 0. The Kier molecular flexibility index (Phi) is 4.05. The average Bonchev–Trinajstić information content (AvgIpc) is 2.34. The van der Waals surface area contributed by atoms with Crippen LogP contribution >= 0.6 is 0 Å². The van der Waals surface area contributed by atoms with Gasteiger partial charge >= 0.3 is 0 Å². The van der Waals surface area contributed by atoms with Crippen molar-refractivity contribution < 1.29 is 22.1 Å².